The number of aromatic nitrogens is 1. The number of furan rings is 1. The minimum Gasteiger partial charge on any atom is -0.462 e. The second kappa shape index (κ2) is 5.71. The van der Waals surface area contributed by atoms with Gasteiger partial charge in [-0.05, 0) is 43.3 Å². The molecule has 4 nitrogen and oxygen atoms in total. The van der Waals surface area contributed by atoms with Gasteiger partial charge in [-0.25, -0.2) is 4.98 Å². The van der Waals surface area contributed by atoms with Crippen molar-refractivity contribution in [3.8, 4) is 0 Å². The fourth-order valence-electron chi connectivity index (χ4n) is 1.80. The van der Waals surface area contributed by atoms with Crippen LogP contribution in [0.1, 0.15) is 11.5 Å². The summed E-state index contributed by atoms with van der Waals surface area (Å²) in [5.74, 6) is 1.19. The third-order valence-corrected chi connectivity index (χ3v) is 3.91. The van der Waals surface area contributed by atoms with Crippen molar-refractivity contribution >= 4 is 50.3 Å². The van der Waals surface area contributed by atoms with Gasteiger partial charge in [-0.1, -0.05) is 22.9 Å². The molecule has 0 radical (unpaired) electrons. The molecule has 0 aliphatic carbocycles. The Bertz CT molecular complexity index is 835. The normalized spacial score (nSPS) is 11.3. The van der Waals surface area contributed by atoms with E-state index in [9.17, 15) is 4.79 Å². The lowest BCUT2D eigenvalue weighted by Crippen LogP contribution is -2.07. The van der Waals surface area contributed by atoms with E-state index in [2.05, 4.69) is 10.3 Å². The van der Waals surface area contributed by atoms with Gasteiger partial charge >= 0.3 is 0 Å². The zero-order valence-corrected chi connectivity index (χ0v) is 12.7. The van der Waals surface area contributed by atoms with E-state index in [0.717, 1.165) is 16.0 Å². The first-order valence-corrected chi connectivity index (χ1v) is 7.41. The van der Waals surface area contributed by atoms with Crippen molar-refractivity contribution in [1.29, 1.82) is 0 Å². The number of benzene rings is 1. The number of aryl methyl sites for hydroxylation is 1. The van der Waals surface area contributed by atoms with E-state index >= 15 is 0 Å². The zero-order chi connectivity index (χ0) is 14.8. The molecule has 0 aliphatic rings. The van der Waals surface area contributed by atoms with Gasteiger partial charge in [0, 0.05) is 11.1 Å². The lowest BCUT2D eigenvalue weighted by molar-refractivity contribution is -0.111. The summed E-state index contributed by atoms with van der Waals surface area (Å²) in [6.45, 7) is 1.85. The molecule has 21 heavy (non-hydrogen) atoms. The number of rotatable bonds is 3. The van der Waals surface area contributed by atoms with Crippen LogP contribution in [0.5, 0.6) is 0 Å². The van der Waals surface area contributed by atoms with Crippen LogP contribution in [0.2, 0.25) is 5.02 Å². The number of fused-ring (bicyclic) bond motifs is 1. The number of amides is 1. The number of halogens is 1. The molecule has 3 aromatic rings. The smallest absolute Gasteiger partial charge is 0.250 e. The fraction of sp³-hybridized carbons (Fsp3) is 0.0667. The molecule has 1 aromatic carbocycles. The summed E-state index contributed by atoms with van der Waals surface area (Å²) in [7, 11) is 0. The van der Waals surface area contributed by atoms with Gasteiger partial charge in [-0.3, -0.25) is 10.1 Å². The first-order chi connectivity index (χ1) is 10.1. The summed E-state index contributed by atoms with van der Waals surface area (Å²) in [6, 6.07) is 9.07. The van der Waals surface area contributed by atoms with E-state index in [0.29, 0.717) is 15.9 Å². The summed E-state index contributed by atoms with van der Waals surface area (Å²) in [5.41, 5.74) is 0.810. The van der Waals surface area contributed by atoms with Gasteiger partial charge in [0.05, 0.1) is 10.2 Å². The summed E-state index contributed by atoms with van der Waals surface area (Å²) in [5, 5.41) is 3.91. The monoisotopic (exact) mass is 318 g/mol. The van der Waals surface area contributed by atoms with E-state index in [1.54, 1.807) is 18.2 Å². The van der Waals surface area contributed by atoms with Crippen molar-refractivity contribution in [2.75, 3.05) is 5.32 Å². The molecule has 1 amide bonds. The van der Waals surface area contributed by atoms with E-state index in [4.69, 9.17) is 16.0 Å². The lowest BCUT2D eigenvalue weighted by atomic mass is 10.3. The van der Waals surface area contributed by atoms with Gasteiger partial charge in [0.2, 0.25) is 5.91 Å². The Balaban J connectivity index is 1.72. The Morgan fingerprint density at radius 1 is 1.38 bits per heavy atom. The van der Waals surface area contributed by atoms with Gasteiger partial charge in [0.1, 0.15) is 11.5 Å². The Kier molecular flexibility index (Phi) is 3.77. The highest BCUT2D eigenvalue weighted by Gasteiger charge is 2.06. The SMILES string of the molecule is Cc1ccc(C=CC(=O)Nc2nc3ccc(Cl)cc3s2)o1. The van der Waals surface area contributed by atoms with Gasteiger partial charge in [0.15, 0.2) is 5.13 Å². The number of anilines is 1. The van der Waals surface area contributed by atoms with E-state index in [1.165, 1.54) is 17.4 Å². The van der Waals surface area contributed by atoms with Crippen LogP contribution >= 0.6 is 22.9 Å². The number of carbonyl (C=O) groups is 1. The second-order valence-electron chi connectivity index (χ2n) is 4.40. The van der Waals surface area contributed by atoms with Gasteiger partial charge in [0.25, 0.3) is 0 Å². The van der Waals surface area contributed by atoms with Crippen molar-refractivity contribution in [2.45, 2.75) is 6.92 Å². The summed E-state index contributed by atoms with van der Waals surface area (Å²) < 4.78 is 6.28. The topological polar surface area (TPSA) is 55.1 Å². The van der Waals surface area contributed by atoms with E-state index < -0.39 is 0 Å². The van der Waals surface area contributed by atoms with Crippen LogP contribution in [0, 0.1) is 6.92 Å². The Morgan fingerprint density at radius 2 is 2.24 bits per heavy atom. The number of hydrogen-bond donors (Lipinski definition) is 1. The molecule has 0 atom stereocenters. The van der Waals surface area contributed by atoms with E-state index in [1.807, 2.05) is 25.1 Å². The quantitative estimate of drug-likeness (QED) is 0.723. The maximum absolute atomic E-state index is 11.8. The van der Waals surface area contributed by atoms with E-state index in [-0.39, 0.29) is 5.91 Å². The standard InChI is InChI=1S/C15H11ClN2O2S/c1-9-2-4-11(20-9)5-7-14(19)18-15-17-12-6-3-10(16)8-13(12)21-15/h2-8H,1H3,(H,17,18,19). The van der Waals surface area contributed by atoms with Crippen molar-refractivity contribution in [1.82, 2.24) is 4.98 Å². The maximum Gasteiger partial charge on any atom is 0.250 e. The third kappa shape index (κ3) is 3.32. The Labute approximate surface area is 130 Å². The minimum absolute atomic E-state index is 0.255. The van der Waals surface area contributed by atoms with Crippen molar-refractivity contribution in [2.24, 2.45) is 0 Å². The Morgan fingerprint density at radius 3 is 3.00 bits per heavy atom. The summed E-state index contributed by atoms with van der Waals surface area (Å²) in [6.07, 6.45) is 3.03. The predicted octanol–water partition coefficient (Wildman–Crippen LogP) is 4.50. The molecule has 0 fully saturated rings. The number of carbonyl (C=O) groups excluding carboxylic acids is 1. The van der Waals surface area contributed by atoms with Crippen LogP contribution in [-0.2, 0) is 4.79 Å². The average molecular weight is 319 g/mol. The molecule has 0 aliphatic heterocycles. The molecule has 0 spiro atoms. The van der Waals surface area contributed by atoms with Gasteiger partial charge in [-0.2, -0.15) is 0 Å². The van der Waals surface area contributed by atoms with Crippen molar-refractivity contribution in [3.05, 3.63) is 53.0 Å². The lowest BCUT2D eigenvalue weighted by Gasteiger charge is -1.94. The van der Waals surface area contributed by atoms with Crippen LogP contribution in [0.15, 0.2) is 40.8 Å². The Hall–Kier alpha value is -2.11. The summed E-state index contributed by atoms with van der Waals surface area (Å²) in [4.78, 5) is 16.2. The molecule has 2 heterocycles. The molecular formula is C15H11ClN2O2S. The third-order valence-electron chi connectivity index (χ3n) is 2.74. The first-order valence-electron chi connectivity index (χ1n) is 6.22. The van der Waals surface area contributed by atoms with Crippen molar-refractivity contribution < 1.29 is 9.21 Å². The minimum atomic E-state index is -0.255. The molecule has 3 rings (SSSR count). The summed E-state index contributed by atoms with van der Waals surface area (Å²) >= 11 is 7.30. The average Bonchev–Trinajstić information content (AvgIpc) is 3.01. The molecule has 6 heteroatoms. The molecule has 2 aromatic heterocycles. The first kappa shape index (κ1) is 13.9. The number of hydrogen-bond acceptors (Lipinski definition) is 4. The molecule has 0 unspecified atom stereocenters. The van der Waals surface area contributed by atoms with Crippen LogP contribution in [0.4, 0.5) is 5.13 Å². The van der Waals surface area contributed by atoms with Crippen LogP contribution in [-0.4, -0.2) is 10.9 Å². The largest absolute Gasteiger partial charge is 0.462 e. The number of nitrogens with zero attached hydrogens (tertiary/aromatic N) is 1. The molecule has 106 valence electrons. The predicted molar refractivity (Wildman–Crippen MR) is 85.7 cm³/mol. The van der Waals surface area contributed by atoms with Crippen LogP contribution in [0.25, 0.3) is 16.3 Å². The molecule has 0 saturated carbocycles. The molecule has 0 bridgehead atoms. The highest BCUT2D eigenvalue weighted by molar-refractivity contribution is 7.22. The second-order valence-corrected chi connectivity index (χ2v) is 5.87. The van der Waals surface area contributed by atoms with Crippen LogP contribution in [0.3, 0.4) is 0 Å². The van der Waals surface area contributed by atoms with Crippen LogP contribution < -0.4 is 5.32 Å². The molecule has 1 N–H and O–H groups in total. The number of nitrogens with one attached hydrogen (secondary N) is 1. The highest BCUT2D eigenvalue weighted by atomic mass is 35.5. The van der Waals surface area contributed by atoms with Crippen molar-refractivity contribution in [3.63, 3.8) is 0 Å². The zero-order valence-electron chi connectivity index (χ0n) is 11.1. The molecule has 0 saturated heterocycles. The number of thiazole rings is 1. The molecular weight excluding hydrogens is 308 g/mol. The highest BCUT2D eigenvalue weighted by Crippen LogP contribution is 2.28. The fourth-order valence-corrected chi connectivity index (χ4v) is 2.94. The van der Waals surface area contributed by atoms with Gasteiger partial charge in [-0.15, -0.1) is 0 Å². The maximum atomic E-state index is 11.8. The van der Waals surface area contributed by atoms with Gasteiger partial charge < -0.3 is 4.42 Å².